The third-order valence-corrected chi connectivity index (χ3v) is 4.54. The Morgan fingerprint density at radius 2 is 1.41 bits per heavy atom. The Morgan fingerprint density at radius 3 is 2.05 bits per heavy atom. The van der Waals surface area contributed by atoms with Crippen LogP contribution < -0.4 is 5.30 Å². The van der Waals surface area contributed by atoms with Gasteiger partial charge in [0, 0.05) is 0 Å². The van der Waals surface area contributed by atoms with Crippen molar-refractivity contribution in [1.29, 1.82) is 0 Å². The fourth-order valence-electron chi connectivity index (χ4n) is 2.36. The number of hydrogen-bond acceptors (Lipinski definition) is 3. The van der Waals surface area contributed by atoms with E-state index in [0.717, 1.165) is 24.8 Å². The molecular weight excluding hydrogens is 303 g/mol. The molecule has 0 aromatic heterocycles. The molecule has 0 fully saturated rings. The summed E-state index contributed by atoms with van der Waals surface area (Å²) in [5.41, 5.74) is 1.59. The second-order valence-electron chi connectivity index (χ2n) is 5.23. The van der Waals surface area contributed by atoms with Gasteiger partial charge in [-0.3, -0.25) is 4.57 Å². The Labute approximate surface area is 129 Å². The Hall–Kier alpha value is -1.81. The SMILES string of the molecule is O=P(O)(O)c1ccc(O)cc1CCCCc1ccc(O)cc1. The Bertz CT molecular complexity index is 675. The molecule has 0 bridgehead atoms. The van der Waals surface area contributed by atoms with Gasteiger partial charge in [0.05, 0.1) is 5.30 Å². The maximum Gasteiger partial charge on any atom is 0.356 e. The summed E-state index contributed by atoms with van der Waals surface area (Å²) in [5, 5.41) is 18.7. The molecule has 0 heterocycles. The first-order valence-electron chi connectivity index (χ1n) is 7.02. The number of aromatic hydroxyl groups is 2. The van der Waals surface area contributed by atoms with Gasteiger partial charge in [-0.1, -0.05) is 12.1 Å². The van der Waals surface area contributed by atoms with Crippen LogP contribution in [0.3, 0.4) is 0 Å². The van der Waals surface area contributed by atoms with Crippen LogP contribution in [0.5, 0.6) is 11.5 Å². The van der Waals surface area contributed by atoms with E-state index in [0.29, 0.717) is 12.0 Å². The van der Waals surface area contributed by atoms with Crippen molar-refractivity contribution in [3.63, 3.8) is 0 Å². The molecule has 2 aromatic rings. The predicted molar refractivity (Wildman–Crippen MR) is 84.5 cm³/mol. The molecule has 0 amide bonds. The van der Waals surface area contributed by atoms with Gasteiger partial charge in [0.2, 0.25) is 0 Å². The van der Waals surface area contributed by atoms with Crippen molar-refractivity contribution in [3.8, 4) is 11.5 Å². The monoisotopic (exact) mass is 322 g/mol. The van der Waals surface area contributed by atoms with Crippen molar-refractivity contribution in [1.82, 2.24) is 0 Å². The minimum absolute atomic E-state index is 0.00531. The first kappa shape index (κ1) is 16.6. The molecule has 118 valence electrons. The molecule has 0 unspecified atom stereocenters. The molecule has 5 nitrogen and oxygen atoms in total. The van der Waals surface area contributed by atoms with E-state index in [2.05, 4.69) is 0 Å². The third kappa shape index (κ3) is 4.60. The van der Waals surface area contributed by atoms with E-state index in [4.69, 9.17) is 0 Å². The van der Waals surface area contributed by atoms with Gasteiger partial charge in [-0.15, -0.1) is 0 Å². The number of benzene rings is 2. The summed E-state index contributed by atoms with van der Waals surface area (Å²) in [7, 11) is -4.33. The first-order chi connectivity index (χ1) is 10.4. The van der Waals surface area contributed by atoms with Crippen LogP contribution in [0, 0.1) is 0 Å². The lowest BCUT2D eigenvalue weighted by Crippen LogP contribution is -2.10. The topological polar surface area (TPSA) is 98.0 Å². The maximum atomic E-state index is 11.4. The Morgan fingerprint density at radius 1 is 0.818 bits per heavy atom. The molecule has 22 heavy (non-hydrogen) atoms. The molecule has 0 aliphatic carbocycles. The quantitative estimate of drug-likeness (QED) is 0.484. The number of unbranched alkanes of at least 4 members (excludes halogenated alkanes) is 1. The molecule has 6 heteroatoms. The summed E-state index contributed by atoms with van der Waals surface area (Å²) in [6.07, 6.45) is 2.91. The van der Waals surface area contributed by atoms with Gasteiger partial charge < -0.3 is 20.0 Å². The second-order valence-corrected chi connectivity index (χ2v) is 6.80. The Kier molecular flexibility index (Phi) is 5.24. The third-order valence-electron chi connectivity index (χ3n) is 3.47. The van der Waals surface area contributed by atoms with Crippen molar-refractivity contribution in [3.05, 3.63) is 53.6 Å². The van der Waals surface area contributed by atoms with Crippen LogP contribution in [0.25, 0.3) is 0 Å². The van der Waals surface area contributed by atoms with E-state index >= 15 is 0 Å². The number of aryl methyl sites for hydroxylation is 2. The Balaban J connectivity index is 1.95. The van der Waals surface area contributed by atoms with Crippen molar-refractivity contribution in [2.24, 2.45) is 0 Å². The summed E-state index contributed by atoms with van der Waals surface area (Å²) in [6.45, 7) is 0. The predicted octanol–water partition coefficient (Wildman–Crippen LogP) is 2.47. The lowest BCUT2D eigenvalue weighted by Gasteiger charge is -2.11. The molecule has 0 saturated heterocycles. The standard InChI is InChI=1S/C16H19O5P/c17-14-7-5-12(6-8-14)3-1-2-4-13-11-15(18)9-10-16(13)22(19,20)21/h5-11,17-18H,1-4H2,(H2,19,20,21). The number of rotatable bonds is 6. The fraction of sp³-hybridized carbons (Fsp3) is 0.250. The molecule has 0 saturated carbocycles. The normalized spacial score (nSPS) is 11.5. The van der Waals surface area contributed by atoms with Crippen molar-refractivity contribution in [2.45, 2.75) is 25.7 Å². The highest BCUT2D eigenvalue weighted by Gasteiger charge is 2.21. The van der Waals surface area contributed by atoms with Gasteiger partial charge in [0.1, 0.15) is 11.5 Å². The molecule has 0 atom stereocenters. The van der Waals surface area contributed by atoms with Crippen LogP contribution in [0.15, 0.2) is 42.5 Å². The van der Waals surface area contributed by atoms with Crippen LogP contribution in [0.1, 0.15) is 24.0 Å². The summed E-state index contributed by atoms with van der Waals surface area (Å²) in [4.78, 5) is 18.7. The molecule has 0 spiro atoms. The molecule has 0 radical (unpaired) electrons. The van der Waals surface area contributed by atoms with Crippen LogP contribution in [0.4, 0.5) is 0 Å². The van der Waals surface area contributed by atoms with E-state index in [1.807, 2.05) is 12.1 Å². The van der Waals surface area contributed by atoms with Crippen molar-refractivity contribution in [2.75, 3.05) is 0 Å². The van der Waals surface area contributed by atoms with Gasteiger partial charge in [-0.05, 0) is 67.1 Å². The van der Waals surface area contributed by atoms with E-state index < -0.39 is 7.60 Å². The molecule has 2 aromatic carbocycles. The lowest BCUT2D eigenvalue weighted by atomic mass is 10.0. The molecule has 0 aliphatic heterocycles. The van der Waals surface area contributed by atoms with E-state index in [1.54, 1.807) is 12.1 Å². The number of hydrogen-bond donors (Lipinski definition) is 4. The minimum Gasteiger partial charge on any atom is -0.508 e. The first-order valence-corrected chi connectivity index (χ1v) is 8.63. The zero-order valence-electron chi connectivity index (χ0n) is 12.0. The number of phenols is 2. The van der Waals surface area contributed by atoms with E-state index in [-0.39, 0.29) is 16.8 Å². The van der Waals surface area contributed by atoms with Gasteiger partial charge in [-0.25, -0.2) is 0 Å². The van der Waals surface area contributed by atoms with Gasteiger partial charge >= 0.3 is 7.60 Å². The van der Waals surface area contributed by atoms with Crippen LogP contribution in [0.2, 0.25) is 0 Å². The van der Waals surface area contributed by atoms with Crippen LogP contribution in [-0.4, -0.2) is 20.0 Å². The smallest absolute Gasteiger partial charge is 0.356 e. The molecule has 4 N–H and O–H groups in total. The summed E-state index contributed by atoms with van der Waals surface area (Å²) in [6, 6.07) is 11.0. The fourth-order valence-corrected chi connectivity index (χ4v) is 3.18. The zero-order chi connectivity index (χ0) is 16.2. The van der Waals surface area contributed by atoms with Gasteiger partial charge in [-0.2, -0.15) is 0 Å². The average Bonchev–Trinajstić information content (AvgIpc) is 2.44. The highest BCUT2D eigenvalue weighted by molar-refractivity contribution is 7.60. The van der Waals surface area contributed by atoms with Gasteiger partial charge in [0.15, 0.2) is 0 Å². The lowest BCUT2D eigenvalue weighted by molar-refractivity contribution is 0.387. The summed E-state index contributed by atoms with van der Waals surface area (Å²) >= 11 is 0. The van der Waals surface area contributed by atoms with E-state index in [9.17, 15) is 24.6 Å². The molecule has 0 aliphatic rings. The number of phenolic OH excluding ortho intramolecular Hbond substituents is 2. The summed E-state index contributed by atoms with van der Waals surface area (Å²) in [5.74, 6) is 0.237. The van der Waals surface area contributed by atoms with Gasteiger partial charge in [0.25, 0.3) is 0 Å². The van der Waals surface area contributed by atoms with Crippen LogP contribution >= 0.6 is 7.60 Å². The maximum absolute atomic E-state index is 11.4. The molecule has 2 rings (SSSR count). The van der Waals surface area contributed by atoms with Crippen molar-refractivity contribution >= 4 is 12.9 Å². The van der Waals surface area contributed by atoms with Crippen molar-refractivity contribution < 1.29 is 24.6 Å². The minimum atomic E-state index is -4.33. The molecular formula is C16H19O5P. The summed E-state index contributed by atoms with van der Waals surface area (Å²) < 4.78 is 11.4. The highest BCUT2D eigenvalue weighted by atomic mass is 31.2. The average molecular weight is 322 g/mol. The zero-order valence-corrected chi connectivity index (χ0v) is 12.9. The van der Waals surface area contributed by atoms with Crippen LogP contribution in [-0.2, 0) is 17.4 Å². The second kappa shape index (κ2) is 6.97. The van der Waals surface area contributed by atoms with E-state index in [1.165, 1.54) is 18.2 Å². The largest absolute Gasteiger partial charge is 0.508 e. The highest BCUT2D eigenvalue weighted by Crippen LogP contribution is 2.36.